The van der Waals surface area contributed by atoms with Gasteiger partial charge in [0.1, 0.15) is 0 Å². The largest absolute Gasteiger partial charge is 0.345 e. The maximum atomic E-state index is 12.1. The first-order chi connectivity index (χ1) is 7.16. The zero-order valence-corrected chi connectivity index (χ0v) is 10.0. The molecule has 1 amide bonds. The maximum Gasteiger partial charge on any atom is 0.226 e. The fraction of sp³-hybridized carbons (Fsp3) is 0.917. The van der Waals surface area contributed by atoms with Crippen LogP contribution in [-0.4, -0.2) is 30.4 Å². The van der Waals surface area contributed by atoms with Gasteiger partial charge >= 0.3 is 0 Å². The second kappa shape index (κ2) is 6.11. The molecule has 0 heterocycles. The Labute approximate surface area is 93.0 Å². The van der Waals surface area contributed by atoms with Gasteiger partial charge in [-0.1, -0.05) is 26.2 Å². The van der Waals surface area contributed by atoms with Crippen LogP contribution in [0.3, 0.4) is 0 Å². The summed E-state index contributed by atoms with van der Waals surface area (Å²) in [5, 5.41) is 0. The van der Waals surface area contributed by atoms with Gasteiger partial charge in [-0.15, -0.1) is 0 Å². The van der Waals surface area contributed by atoms with Gasteiger partial charge < -0.3 is 10.6 Å². The summed E-state index contributed by atoms with van der Waals surface area (Å²) in [7, 11) is 1.89. The van der Waals surface area contributed by atoms with E-state index in [0.717, 1.165) is 32.2 Å². The van der Waals surface area contributed by atoms with Gasteiger partial charge in [0.2, 0.25) is 5.91 Å². The number of carbonyl (C=O) groups excluding carboxylic acids is 1. The van der Waals surface area contributed by atoms with Gasteiger partial charge in [0.15, 0.2) is 0 Å². The van der Waals surface area contributed by atoms with E-state index in [1.807, 2.05) is 11.9 Å². The first kappa shape index (κ1) is 12.5. The molecule has 0 bridgehead atoms. The van der Waals surface area contributed by atoms with Crippen molar-refractivity contribution in [1.29, 1.82) is 0 Å². The fourth-order valence-corrected chi connectivity index (χ4v) is 2.37. The highest BCUT2D eigenvalue weighted by Crippen LogP contribution is 2.23. The predicted molar refractivity (Wildman–Crippen MR) is 62.5 cm³/mol. The molecule has 0 saturated heterocycles. The van der Waals surface area contributed by atoms with Crippen molar-refractivity contribution in [3.63, 3.8) is 0 Å². The Bertz CT molecular complexity index is 206. The summed E-state index contributed by atoms with van der Waals surface area (Å²) < 4.78 is 0. The minimum Gasteiger partial charge on any atom is -0.345 e. The van der Waals surface area contributed by atoms with Crippen molar-refractivity contribution in [3.8, 4) is 0 Å². The zero-order valence-electron chi connectivity index (χ0n) is 10.0. The maximum absolute atomic E-state index is 12.1. The molecule has 2 unspecified atom stereocenters. The minimum atomic E-state index is 0.0732. The van der Waals surface area contributed by atoms with Crippen molar-refractivity contribution in [3.05, 3.63) is 0 Å². The van der Waals surface area contributed by atoms with Crippen molar-refractivity contribution in [2.75, 3.05) is 13.6 Å². The molecule has 1 aliphatic rings. The molecule has 0 aliphatic heterocycles. The molecule has 1 fully saturated rings. The van der Waals surface area contributed by atoms with Crippen molar-refractivity contribution < 1.29 is 4.79 Å². The van der Waals surface area contributed by atoms with Gasteiger partial charge in [-0.3, -0.25) is 4.79 Å². The number of nitrogens with two attached hydrogens (primary N) is 1. The molecule has 15 heavy (non-hydrogen) atoms. The van der Waals surface area contributed by atoms with Crippen molar-refractivity contribution in [1.82, 2.24) is 4.90 Å². The van der Waals surface area contributed by atoms with Crippen LogP contribution in [0.4, 0.5) is 0 Å². The third kappa shape index (κ3) is 3.49. The zero-order chi connectivity index (χ0) is 11.3. The first-order valence-corrected chi connectivity index (χ1v) is 6.17. The summed E-state index contributed by atoms with van der Waals surface area (Å²) in [6.07, 6.45) is 6.58. The third-order valence-electron chi connectivity index (χ3n) is 3.32. The van der Waals surface area contributed by atoms with E-state index in [9.17, 15) is 4.79 Å². The summed E-state index contributed by atoms with van der Waals surface area (Å²) in [4.78, 5) is 13.9. The standard InChI is InChI=1S/C12H24N2O/c1-3-9-14(2)12(15)10-7-5-4-6-8-11(10)13/h10-11H,3-9,13H2,1-2H3. The number of hydrogen-bond acceptors (Lipinski definition) is 2. The van der Waals surface area contributed by atoms with Crippen molar-refractivity contribution in [2.24, 2.45) is 11.7 Å². The van der Waals surface area contributed by atoms with Crippen LogP contribution in [0, 0.1) is 5.92 Å². The second-order valence-corrected chi connectivity index (χ2v) is 4.67. The Kier molecular flexibility index (Phi) is 5.09. The van der Waals surface area contributed by atoms with Crippen LogP contribution in [0.15, 0.2) is 0 Å². The van der Waals surface area contributed by atoms with E-state index in [-0.39, 0.29) is 17.9 Å². The van der Waals surface area contributed by atoms with Crippen LogP contribution in [0.2, 0.25) is 0 Å². The van der Waals surface area contributed by atoms with Gasteiger partial charge in [-0.25, -0.2) is 0 Å². The van der Waals surface area contributed by atoms with E-state index in [4.69, 9.17) is 5.73 Å². The minimum absolute atomic E-state index is 0.0732. The lowest BCUT2D eigenvalue weighted by molar-refractivity contribution is -0.135. The normalized spacial score (nSPS) is 27.1. The third-order valence-corrected chi connectivity index (χ3v) is 3.32. The van der Waals surface area contributed by atoms with Gasteiger partial charge in [0, 0.05) is 19.6 Å². The number of nitrogens with zero attached hydrogens (tertiary/aromatic N) is 1. The fourth-order valence-electron chi connectivity index (χ4n) is 2.37. The van der Waals surface area contributed by atoms with Crippen LogP contribution in [0.25, 0.3) is 0 Å². The highest BCUT2D eigenvalue weighted by Gasteiger charge is 2.28. The molecule has 0 aromatic carbocycles. The van der Waals surface area contributed by atoms with Crippen molar-refractivity contribution in [2.45, 2.75) is 51.5 Å². The van der Waals surface area contributed by atoms with Gasteiger partial charge in [0.25, 0.3) is 0 Å². The molecular formula is C12H24N2O. The number of rotatable bonds is 3. The molecule has 2 N–H and O–H groups in total. The molecule has 0 spiro atoms. The van der Waals surface area contributed by atoms with Crippen LogP contribution in [-0.2, 0) is 4.79 Å². The summed E-state index contributed by atoms with van der Waals surface area (Å²) in [5.74, 6) is 0.329. The Morgan fingerprint density at radius 3 is 2.67 bits per heavy atom. The second-order valence-electron chi connectivity index (χ2n) is 4.67. The molecule has 1 saturated carbocycles. The molecule has 0 aromatic rings. The quantitative estimate of drug-likeness (QED) is 0.725. The summed E-state index contributed by atoms with van der Waals surface area (Å²) >= 11 is 0. The van der Waals surface area contributed by atoms with E-state index in [1.54, 1.807) is 0 Å². The van der Waals surface area contributed by atoms with Gasteiger partial charge in [0.05, 0.1) is 5.92 Å². The van der Waals surface area contributed by atoms with E-state index in [2.05, 4.69) is 6.92 Å². The van der Waals surface area contributed by atoms with Crippen LogP contribution in [0.5, 0.6) is 0 Å². The molecule has 0 aromatic heterocycles. The smallest absolute Gasteiger partial charge is 0.226 e. The average molecular weight is 212 g/mol. The molecule has 3 heteroatoms. The average Bonchev–Trinajstić information content (AvgIpc) is 2.42. The predicted octanol–water partition coefficient (Wildman–Crippen LogP) is 1.76. The monoisotopic (exact) mass is 212 g/mol. The Balaban J connectivity index is 2.55. The summed E-state index contributed by atoms with van der Waals surface area (Å²) in [6, 6.07) is 0.0827. The molecular weight excluding hydrogens is 188 g/mol. The highest BCUT2D eigenvalue weighted by atomic mass is 16.2. The van der Waals surface area contributed by atoms with Crippen LogP contribution >= 0.6 is 0 Å². The van der Waals surface area contributed by atoms with Gasteiger partial charge in [-0.05, 0) is 19.3 Å². The Hall–Kier alpha value is -0.570. The van der Waals surface area contributed by atoms with Crippen molar-refractivity contribution >= 4 is 5.91 Å². The molecule has 0 radical (unpaired) electrons. The van der Waals surface area contributed by atoms with E-state index in [0.29, 0.717) is 0 Å². The van der Waals surface area contributed by atoms with E-state index < -0.39 is 0 Å². The summed E-state index contributed by atoms with van der Waals surface area (Å²) in [5.41, 5.74) is 6.07. The SMILES string of the molecule is CCCN(C)C(=O)C1CCCCCC1N. The highest BCUT2D eigenvalue weighted by molar-refractivity contribution is 5.79. The number of carbonyl (C=O) groups is 1. The topological polar surface area (TPSA) is 46.3 Å². The van der Waals surface area contributed by atoms with E-state index in [1.165, 1.54) is 12.8 Å². The molecule has 3 nitrogen and oxygen atoms in total. The van der Waals surface area contributed by atoms with Gasteiger partial charge in [-0.2, -0.15) is 0 Å². The van der Waals surface area contributed by atoms with Crippen LogP contribution < -0.4 is 5.73 Å². The Morgan fingerprint density at radius 2 is 2.00 bits per heavy atom. The number of amides is 1. The van der Waals surface area contributed by atoms with E-state index >= 15 is 0 Å². The lowest BCUT2D eigenvalue weighted by Crippen LogP contribution is -2.42. The Morgan fingerprint density at radius 1 is 1.33 bits per heavy atom. The lowest BCUT2D eigenvalue weighted by atomic mass is 9.94. The number of hydrogen-bond donors (Lipinski definition) is 1. The molecule has 2 atom stereocenters. The summed E-state index contributed by atoms with van der Waals surface area (Å²) in [6.45, 7) is 2.94. The lowest BCUT2D eigenvalue weighted by Gasteiger charge is -2.26. The molecule has 1 aliphatic carbocycles. The first-order valence-electron chi connectivity index (χ1n) is 6.17. The van der Waals surface area contributed by atoms with Crippen LogP contribution in [0.1, 0.15) is 45.4 Å². The molecule has 88 valence electrons. The molecule has 1 rings (SSSR count).